The predicted molar refractivity (Wildman–Crippen MR) is 174 cm³/mol. The van der Waals surface area contributed by atoms with Gasteiger partial charge in [-0.1, -0.05) is 74.6 Å². The number of halogens is 2. The van der Waals surface area contributed by atoms with Gasteiger partial charge in [-0.25, -0.2) is 4.79 Å². The minimum absolute atomic E-state index is 0.0677. The smallest absolute Gasteiger partial charge is 0.318 e. The number of nitrogens with one attached hydrogen (secondary N) is 2. The molecule has 2 atom stereocenters. The van der Waals surface area contributed by atoms with E-state index in [1.807, 2.05) is 25.3 Å². The van der Waals surface area contributed by atoms with Crippen LogP contribution in [0.25, 0.3) is 0 Å². The van der Waals surface area contributed by atoms with Crippen molar-refractivity contribution >= 4 is 41.4 Å². The summed E-state index contributed by atoms with van der Waals surface area (Å²) in [6.07, 6.45) is 23.2. The number of carbonyl (C=O) groups is 2. The zero-order chi connectivity index (χ0) is 29.7. The Morgan fingerprint density at radius 3 is 2.50 bits per heavy atom. The molecule has 9 heteroatoms. The Bertz CT molecular complexity index is 1010. The first-order valence-electron chi connectivity index (χ1n) is 16.3. The molecule has 42 heavy (non-hydrogen) atoms. The van der Waals surface area contributed by atoms with Crippen molar-refractivity contribution in [2.75, 3.05) is 32.7 Å². The maximum absolute atomic E-state index is 13.7. The van der Waals surface area contributed by atoms with Crippen molar-refractivity contribution in [1.82, 2.24) is 20.4 Å². The van der Waals surface area contributed by atoms with Crippen molar-refractivity contribution in [1.29, 1.82) is 0 Å². The maximum atomic E-state index is 13.7. The van der Waals surface area contributed by atoms with E-state index in [2.05, 4.69) is 20.5 Å². The highest BCUT2D eigenvalue weighted by molar-refractivity contribution is 6.37. The Kier molecular flexibility index (Phi) is 13.7. The lowest BCUT2D eigenvalue weighted by Crippen LogP contribution is -2.63. The molecule has 3 amide bonds. The minimum Gasteiger partial charge on any atom is -0.354 e. The lowest BCUT2D eigenvalue weighted by molar-refractivity contribution is -0.127. The molecule has 4 rings (SSSR count). The molecule has 3 fully saturated rings. The third kappa shape index (κ3) is 10.4. The minimum atomic E-state index is -0.486. The van der Waals surface area contributed by atoms with Gasteiger partial charge in [0.05, 0.1) is 5.38 Å². The van der Waals surface area contributed by atoms with Crippen LogP contribution in [0.3, 0.4) is 0 Å². The van der Waals surface area contributed by atoms with E-state index >= 15 is 0 Å². The largest absolute Gasteiger partial charge is 0.354 e. The van der Waals surface area contributed by atoms with Crippen molar-refractivity contribution in [3.63, 3.8) is 0 Å². The third-order valence-corrected chi connectivity index (χ3v) is 10.3. The molecule has 2 N–H and O–H groups in total. The summed E-state index contributed by atoms with van der Waals surface area (Å²) in [4.78, 5) is 35.6. The van der Waals surface area contributed by atoms with Gasteiger partial charge >= 0.3 is 6.03 Å². The number of amides is 3. The second-order valence-corrected chi connectivity index (χ2v) is 13.5. The summed E-state index contributed by atoms with van der Waals surface area (Å²) in [6, 6.07) is -0.351. The van der Waals surface area contributed by atoms with Gasteiger partial charge in [0.1, 0.15) is 6.04 Å². The van der Waals surface area contributed by atoms with Gasteiger partial charge in [0.15, 0.2) is 0 Å². The number of aliphatic imine (C=N–C) groups is 1. The number of urea groups is 1. The van der Waals surface area contributed by atoms with E-state index in [4.69, 9.17) is 23.2 Å². The van der Waals surface area contributed by atoms with Crippen LogP contribution >= 0.6 is 23.2 Å². The second kappa shape index (κ2) is 17.5. The van der Waals surface area contributed by atoms with Gasteiger partial charge in [-0.05, 0) is 69.6 Å². The van der Waals surface area contributed by atoms with E-state index in [0.717, 1.165) is 56.7 Å². The first-order valence-corrected chi connectivity index (χ1v) is 17.2. The molecule has 0 aromatic rings. The van der Waals surface area contributed by atoms with E-state index in [0.29, 0.717) is 37.5 Å². The van der Waals surface area contributed by atoms with Crippen LogP contribution in [0.15, 0.2) is 39.5 Å². The van der Waals surface area contributed by atoms with Crippen LogP contribution < -0.4 is 10.6 Å². The number of piperazine rings is 1. The number of rotatable bonds is 11. The highest BCUT2D eigenvalue weighted by atomic mass is 35.5. The average Bonchev–Trinajstić information content (AvgIpc) is 3.01. The third-order valence-electron chi connectivity index (χ3n) is 9.36. The molecule has 7 nitrogen and oxygen atoms in total. The topological polar surface area (TPSA) is 77.0 Å². The van der Waals surface area contributed by atoms with E-state index < -0.39 is 6.04 Å². The predicted octanol–water partition coefficient (Wildman–Crippen LogP) is 6.92. The lowest BCUT2D eigenvalue weighted by Gasteiger charge is -2.41. The molecule has 0 radical (unpaired) electrons. The van der Waals surface area contributed by atoms with Crippen molar-refractivity contribution in [2.45, 2.75) is 114 Å². The molecule has 1 unspecified atom stereocenters. The first-order chi connectivity index (χ1) is 20.4. The van der Waals surface area contributed by atoms with Crippen LogP contribution in [-0.4, -0.2) is 78.1 Å². The zero-order valence-corrected chi connectivity index (χ0v) is 27.0. The van der Waals surface area contributed by atoms with Gasteiger partial charge in [0.25, 0.3) is 0 Å². The number of nitrogens with zero attached hydrogens (tertiary/aromatic N) is 3. The number of alkyl halides is 1. The number of hydrogen-bond donors (Lipinski definition) is 2. The molecule has 0 spiro atoms. The molecule has 2 saturated carbocycles. The molecule has 1 heterocycles. The molecule has 0 bridgehead atoms. The Morgan fingerprint density at radius 2 is 1.79 bits per heavy atom. The zero-order valence-electron chi connectivity index (χ0n) is 25.5. The fourth-order valence-electron chi connectivity index (χ4n) is 6.82. The molecule has 1 saturated heterocycles. The molecule has 0 aromatic heterocycles. The fraction of sp³-hybridized carbons (Fsp3) is 0.727. The molecule has 234 valence electrons. The Hall–Kier alpha value is -1.83. The molecule has 3 aliphatic carbocycles. The molecule has 0 aromatic carbocycles. The van der Waals surface area contributed by atoms with Gasteiger partial charge in [0, 0.05) is 49.7 Å². The van der Waals surface area contributed by atoms with Crippen LogP contribution in [0.4, 0.5) is 4.79 Å². The van der Waals surface area contributed by atoms with Gasteiger partial charge in [-0.15, -0.1) is 11.6 Å². The van der Waals surface area contributed by atoms with Gasteiger partial charge in [-0.3, -0.25) is 14.7 Å². The summed E-state index contributed by atoms with van der Waals surface area (Å²) in [6.45, 7) is 5.39. The second-order valence-electron chi connectivity index (χ2n) is 12.5. The van der Waals surface area contributed by atoms with Gasteiger partial charge in [-0.2, -0.15) is 0 Å². The Balaban J connectivity index is 1.35. The lowest BCUT2D eigenvalue weighted by atomic mass is 9.87. The average molecular weight is 621 g/mol. The SMILES string of the molecule is CC=N/C=C(/CCNC(=O)C1CN(CCC2CCCCC2)CCN1C(=O)NC1CCCCC1)CC1=CC=C(Cl)[C@H](Cl)C1. The van der Waals surface area contributed by atoms with Crippen molar-refractivity contribution in [2.24, 2.45) is 10.9 Å². The fourth-order valence-corrected chi connectivity index (χ4v) is 7.23. The van der Waals surface area contributed by atoms with Crippen molar-refractivity contribution < 1.29 is 9.59 Å². The first kappa shape index (κ1) is 33.1. The standard InChI is InChI=1S/C33H51Cl2N5O2/c1-2-36-23-27(21-26-13-14-29(34)30(35)22-26)15-17-37-32(41)31-24-39(18-16-25-9-5-3-6-10-25)19-20-40(31)33(42)38-28-11-7-4-8-12-28/h2,13-14,23,25,28,30-31H,3-12,15-22,24H2,1H3,(H,37,41)(H,38,42)/b27-23-,36-2?/t30-,31?/m1/s1. The molecule has 4 aliphatic rings. The van der Waals surface area contributed by atoms with Crippen LogP contribution in [0.5, 0.6) is 0 Å². The molecule has 1 aliphatic heterocycles. The van der Waals surface area contributed by atoms with E-state index in [9.17, 15) is 9.59 Å². The number of carbonyl (C=O) groups excluding carboxylic acids is 2. The summed E-state index contributed by atoms with van der Waals surface area (Å²) < 4.78 is 0. The highest BCUT2D eigenvalue weighted by Crippen LogP contribution is 2.30. The quantitative estimate of drug-likeness (QED) is 0.195. The number of allylic oxidation sites excluding steroid dienone is 4. The Morgan fingerprint density at radius 1 is 1.05 bits per heavy atom. The monoisotopic (exact) mass is 619 g/mol. The van der Waals surface area contributed by atoms with E-state index in [1.165, 1.54) is 50.5 Å². The summed E-state index contributed by atoms with van der Waals surface area (Å²) in [5, 5.41) is 6.90. The summed E-state index contributed by atoms with van der Waals surface area (Å²) in [5.74, 6) is 0.733. The van der Waals surface area contributed by atoms with Crippen LogP contribution in [0, 0.1) is 5.92 Å². The Labute approximate surface area is 263 Å². The van der Waals surface area contributed by atoms with E-state index in [1.54, 1.807) is 11.1 Å². The highest BCUT2D eigenvalue weighted by Gasteiger charge is 2.36. The summed E-state index contributed by atoms with van der Waals surface area (Å²) in [5.41, 5.74) is 2.33. The van der Waals surface area contributed by atoms with Crippen molar-refractivity contribution in [3.05, 3.63) is 34.5 Å². The molecular weight excluding hydrogens is 569 g/mol. The summed E-state index contributed by atoms with van der Waals surface area (Å²) >= 11 is 12.5. The summed E-state index contributed by atoms with van der Waals surface area (Å²) in [7, 11) is 0. The van der Waals surface area contributed by atoms with Crippen LogP contribution in [0.2, 0.25) is 0 Å². The van der Waals surface area contributed by atoms with Gasteiger partial charge in [0.2, 0.25) is 5.91 Å². The number of hydrogen-bond acceptors (Lipinski definition) is 4. The molecular formula is C33H51Cl2N5O2. The van der Waals surface area contributed by atoms with Crippen LogP contribution in [0.1, 0.15) is 96.8 Å². The van der Waals surface area contributed by atoms with Crippen molar-refractivity contribution in [3.8, 4) is 0 Å². The van der Waals surface area contributed by atoms with E-state index in [-0.39, 0.29) is 23.4 Å². The van der Waals surface area contributed by atoms with Gasteiger partial charge < -0.3 is 15.5 Å². The maximum Gasteiger partial charge on any atom is 0.318 e. The van der Waals surface area contributed by atoms with Crippen LogP contribution in [-0.2, 0) is 4.79 Å². The normalized spacial score (nSPS) is 25.3.